The van der Waals surface area contributed by atoms with Gasteiger partial charge in [-0.1, -0.05) is 25.1 Å². The molecule has 8 nitrogen and oxygen atoms in total. The molecule has 0 aliphatic heterocycles. The van der Waals surface area contributed by atoms with E-state index in [1.54, 1.807) is 24.3 Å². The molecular weight excluding hydrogens is 440 g/mol. The Hall–Kier alpha value is -3.68. The number of esters is 2. The van der Waals surface area contributed by atoms with Crippen molar-refractivity contribution in [1.82, 2.24) is 0 Å². The lowest BCUT2D eigenvalue weighted by Gasteiger charge is -2.15. The Morgan fingerprint density at radius 3 is 2.03 bits per heavy atom. The molecule has 0 aromatic heterocycles. The van der Waals surface area contributed by atoms with Crippen molar-refractivity contribution in [3.8, 4) is 0 Å². The van der Waals surface area contributed by atoms with Gasteiger partial charge in [0, 0.05) is 12.8 Å². The van der Waals surface area contributed by atoms with Gasteiger partial charge in [0.25, 0.3) is 0 Å². The molecule has 182 valence electrons. The average Bonchev–Trinajstić information content (AvgIpc) is 2.80. The topological polar surface area (TPSA) is 127 Å². The quantitative estimate of drug-likeness (QED) is 0.329. The van der Waals surface area contributed by atoms with Crippen LogP contribution in [0.5, 0.6) is 0 Å². The van der Waals surface area contributed by atoms with Gasteiger partial charge in [-0.3, -0.25) is 9.59 Å². The average molecular weight is 471 g/mol. The summed E-state index contributed by atoms with van der Waals surface area (Å²) in [6, 6.07) is 10.6. The molecule has 0 atom stereocenters. The van der Waals surface area contributed by atoms with Crippen molar-refractivity contribution >= 4 is 23.9 Å². The van der Waals surface area contributed by atoms with E-state index in [0.29, 0.717) is 17.5 Å². The summed E-state index contributed by atoms with van der Waals surface area (Å²) in [4.78, 5) is 46.4. The maximum atomic E-state index is 12.7. The first-order valence-electron chi connectivity index (χ1n) is 11.2. The minimum atomic E-state index is -0.945. The second-order valence-electron chi connectivity index (χ2n) is 7.88. The van der Waals surface area contributed by atoms with Gasteiger partial charge in [-0.15, -0.1) is 0 Å². The van der Waals surface area contributed by atoms with E-state index in [-0.39, 0.29) is 38.9 Å². The summed E-state index contributed by atoms with van der Waals surface area (Å²) >= 11 is 0. The zero-order valence-electron chi connectivity index (χ0n) is 19.5. The summed E-state index contributed by atoms with van der Waals surface area (Å²) in [5.41, 5.74) is 4.31. The van der Waals surface area contributed by atoms with Crippen LogP contribution in [0, 0.1) is 6.92 Å². The standard InChI is InChI=1S/C26H30O8/c1-3-18-11-12-19(25(31)33-13-5-9-23(27)28)15-20(18)16-22-17(2)7-4-8-21(22)26(32)34-14-6-10-24(29)30/h4,7-8,11-12,15H,3,5-6,9-10,13-14,16H2,1-2H3,(H,27,28)(H,29,30). The molecule has 0 fully saturated rings. The predicted molar refractivity (Wildman–Crippen MR) is 124 cm³/mol. The van der Waals surface area contributed by atoms with Gasteiger partial charge in [0.05, 0.1) is 24.3 Å². The van der Waals surface area contributed by atoms with Gasteiger partial charge in [-0.2, -0.15) is 0 Å². The van der Waals surface area contributed by atoms with Gasteiger partial charge in [0.2, 0.25) is 0 Å². The predicted octanol–water partition coefficient (Wildman–Crippen LogP) is 4.19. The van der Waals surface area contributed by atoms with Crippen LogP contribution in [0.4, 0.5) is 0 Å². The fourth-order valence-corrected chi connectivity index (χ4v) is 3.52. The van der Waals surface area contributed by atoms with Gasteiger partial charge >= 0.3 is 23.9 Å². The summed E-state index contributed by atoms with van der Waals surface area (Å²) in [5.74, 6) is -2.94. The van der Waals surface area contributed by atoms with Crippen LogP contribution >= 0.6 is 0 Å². The van der Waals surface area contributed by atoms with Crippen LogP contribution in [-0.4, -0.2) is 47.3 Å². The van der Waals surface area contributed by atoms with Crippen LogP contribution in [0.1, 0.15) is 75.6 Å². The molecule has 0 amide bonds. The van der Waals surface area contributed by atoms with Gasteiger partial charge in [0.1, 0.15) is 0 Å². The number of hydrogen-bond acceptors (Lipinski definition) is 6. The number of rotatable bonds is 13. The summed E-state index contributed by atoms with van der Waals surface area (Å²) in [6.07, 6.45) is 1.45. The Morgan fingerprint density at radius 2 is 1.44 bits per heavy atom. The van der Waals surface area contributed by atoms with Crippen LogP contribution in [0.15, 0.2) is 36.4 Å². The summed E-state index contributed by atoms with van der Waals surface area (Å²) in [5, 5.41) is 17.4. The van der Waals surface area contributed by atoms with Crippen LogP contribution in [0.2, 0.25) is 0 Å². The van der Waals surface area contributed by atoms with Gasteiger partial charge < -0.3 is 19.7 Å². The molecule has 0 aliphatic rings. The second-order valence-corrected chi connectivity index (χ2v) is 7.88. The number of aryl methyl sites for hydroxylation is 2. The lowest BCUT2D eigenvalue weighted by Crippen LogP contribution is -2.13. The molecule has 2 aromatic carbocycles. The minimum absolute atomic E-state index is 0.0158. The molecule has 0 saturated carbocycles. The van der Waals surface area contributed by atoms with E-state index < -0.39 is 23.9 Å². The molecule has 0 spiro atoms. The second kappa shape index (κ2) is 13.1. The van der Waals surface area contributed by atoms with E-state index in [9.17, 15) is 19.2 Å². The van der Waals surface area contributed by atoms with Crippen LogP contribution < -0.4 is 0 Å². The van der Waals surface area contributed by atoms with Crippen molar-refractivity contribution in [2.45, 2.75) is 52.4 Å². The number of ether oxygens (including phenoxy) is 2. The van der Waals surface area contributed by atoms with Crippen molar-refractivity contribution < 1.29 is 38.9 Å². The lowest BCUT2D eigenvalue weighted by molar-refractivity contribution is -0.138. The Balaban J connectivity index is 2.21. The summed E-state index contributed by atoms with van der Waals surface area (Å²) in [6.45, 7) is 3.93. The minimum Gasteiger partial charge on any atom is -0.481 e. The van der Waals surface area contributed by atoms with Crippen molar-refractivity contribution in [3.05, 3.63) is 69.8 Å². The number of carbonyl (C=O) groups excluding carboxylic acids is 2. The normalized spacial score (nSPS) is 10.5. The number of carbonyl (C=O) groups is 4. The maximum absolute atomic E-state index is 12.7. The van der Waals surface area contributed by atoms with Gasteiger partial charge in [-0.25, -0.2) is 9.59 Å². The Bertz CT molecular complexity index is 1040. The first-order chi connectivity index (χ1) is 16.2. The monoisotopic (exact) mass is 470 g/mol. The number of hydrogen-bond donors (Lipinski definition) is 2. The molecule has 34 heavy (non-hydrogen) atoms. The number of benzene rings is 2. The van der Waals surface area contributed by atoms with Crippen LogP contribution in [0.25, 0.3) is 0 Å². The van der Waals surface area contributed by atoms with E-state index in [1.165, 1.54) is 0 Å². The molecule has 0 bridgehead atoms. The smallest absolute Gasteiger partial charge is 0.338 e. The molecule has 2 aromatic rings. The van der Waals surface area contributed by atoms with Gasteiger partial charge in [-0.05, 0) is 73.1 Å². The van der Waals surface area contributed by atoms with E-state index in [2.05, 4.69) is 0 Å². The third-order valence-corrected chi connectivity index (χ3v) is 5.36. The third kappa shape index (κ3) is 8.03. The molecule has 2 rings (SSSR count). The highest BCUT2D eigenvalue weighted by Gasteiger charge is 2.18. The molecule has 2 N–H and O–H groups in total. The fraction of sp³-hybridized carbons (Fsp3) is 0.385. The van der Waals surface area contributed by atoms with Crippen molar-refractivity contribution in [2.75, 3.05) is 13.2 Å². The fourth-order valence-electron chi connectivity index (χ4n) is 3.52. The molecule has 8 heteroatoms. The highest BCUT2D eigenvalue weighted by molar-refractivity contribution is 5.92. The maximum Gasteiger partial charge on any atom is 0.338 e. The highest BCUT2D eigenvalue weighted by atomic mass is 16.5. The van der Waals surface area contributed by atoms with Crippen LogP contribution in [-0.2, 0) is 31.9 Å². The lowest BCUT2D eigenvalue weighted by atomic mass is 9.91. The first-order valence-corrected chi connectivity index (χ1v) is 11.2. The Kier molecular flexibility index (Phi) is 10.3. The molecule has 0 radical (unpaired) electrons. The summed E-state index contributed by atoms with van der Waals surface area (Å²) < 4.78 is 10.5. The highest BCUT2D eigenvalue weighted by Crippen LogP contribution is 2.23. The zero-order chi connectivity index (χ0) is 25.1. The molecule has 0 heterocycles. The molecule has 0 unspecified atom stereocenters. The van der Waals surface area contributed by atoms with Gasteiger partial charge in [0.15, 0.2) is 0 Å². The zero-order valence-corrected chi connectivity index (χ0v) is 19.5. The van der Waals surface area contributed by atoms with E-state index in [4.69, 9.17) is 19.7 Å². The number of carboxylic acid groups (broad SMARTS) is 2. The number of aliphatic carboxylic acids is 2. The Labute approximate surface area is 198 Å². The molecule has 0 aliphatic carbocycles. The first kappa shape index (κ1) is 26.6. The van der Waals surface area contributed by atoms with E-state index >= 15 is 0 Å². The molecular formula is C26H30O8. The van der Waals surface area contributed by atoms with E-state index in [0.717, 1.165) is 28.7 Å². The number of carboxylic acids is 2. The van der Waals surface area contributed by atoms with Crippen LogP contribution in [0.3, 0.4) is 0 Å². The van der Waals surface area contributed by atoms with Crippen molar-refractivity contribution in [1.29, 1.82) is 0 Å². The summed E-state index contributed by atoms with van der Waals surface area (Å²) in [7, 11) is 0. The third-order valence-electron chi connectivity index (χ3n) is 5.36. The largest absolute Gasteiger partial charge is 0.481 e. The van der Waals surface area contributed by atoms with Crippen molar-refractivity contribution in [3.63, 3.8) is 0 Å². The van der Waals surface area contributed by atoms with E-state index in [1.807, 2.05) is 26.0 Å². The van der Waals surface area contributed by atoms with Crippen molar-refractivity contribution in [2.24, 2.45) is 0 Å². The molecule has 0 saturated heterocycles. The SMILES string of the molecule is CCc1ccc(C(=O)OCCCC(=O)O)cc1Cc1c(C)cccc1C(=O)OCCCC(=O)O. The Morgan fingerprint density at radius 1 is 0.824 bits per heavy atom.